The average Bonchev–Trinajstić information content (AvgIpc) is 3.55. The van der Waals surface area contributed by atoms with E-state index in [2.05, 4.69) is 10.3 Å². The van der Waals surface area contributed by atoms with Gasteiger partial charge in [0.05, 0.1) is 0 Å². The lowest BCUT2D eigenvalue weighted by atomic mass is 10.2. The molecule has 0 unspecified atom stereocenters. The average molecular weight is 429 g/mol. The molecule has 8 heteroatoms. The van der Waals surface area contributed by atoms with Gasteiger partial charge in [-0.05, 0) is 54.4 Å². The van der Waals surface area contributed by atoms with E-state index in [1.54, 1.807) is 12.1 Å². The second kappa shape index (κ2) is 8.40. The Morgan fingerprint density at radius 2 is 1.97 bits per heavy atom. The molecule has 0 aliphatic carbocycles. The van der Waals surface area contributed by atoms with E-state index in [4.69, 9.17) is 23.0 Å². The number of benzene rings is 2. The number of hydrogen-bond acceptors (Lipinski definition) is 8. The van der Waals surface area contributed by atoms with E-state index in [1.807, 2.05) is 55.5 Å². The standard InChI is InChI=1S/C24H19N3O5/c1-15-3-2-4-17(9-15)28-13-18-6-8-21(31-18)24-27-19(11-25)23(32-24)26-12-16-5-7-20-22(10-16)30-14-29-20/h2-10,26H,12-14H2,1H3. The van der Waals surface area contributed by atoms with Gasteiger partial charge in [0, 0.05) is 6.54 Å². The van der Waals surface area contributed by atoms with Gasteiger partial charge in [-0.25, -0.2) is 0 Å². The highest BCUT2D eigenvalue weighted by molar-refractivity contribution is 5.55. The Morgan fingerprint density at radius 1 is 1.06 bits per heavy atom. The second-order valence-electron chi connectivity index (χ2n) is 7.22. The summed E-state index contributed by atoms with van der Waals surface area (Å²) in [4.78, 5) is 4.24. The number of aromatic nitrogens is 1. The summed E-state index contributed by atoms with van der Waals surface area (Å²) in [5.74, 6) is 3.70. The summed E-state index contributed by atoms with van der Waals surface area (Å²) >= 11 is 0. The molecule has 0 bridgehead atoms. The van der Waals surface area contributed by atoms with E-state index < -0.39 is 0 Å². The molecule has 5 rings (SSSR count). The molecule has 1 aliphatic heterocycles. The SMILES string of the molecule is Cc1cccc(OCc2ccc(-c3nc(C#N)c(NCc4ccc5c(c4)OCO5)o3)o2)c1. The molecular formula is C24H19N3O5. The number of rotatable bonds is 7. The Labute approximate surface area is 184 Å². The van der Waals surface area contributed by atoms with E-state index in [1.165, 1.54) is 0 Å². The Morgan fingerprint density at radius 3 is 2.84 bits per heavy atom. The van der Waals surface area contributed by atoms with Crippen LogP contribution >= 0.6 is 0 Å². The zero-order valence-electron chi connectivity index (χ0n) is 17.3. The van der Waals surface area contributed by atoms with E-state index in [0.717, 1.165) is 16.9 Å². The number of nitrogens with zero attached hydrogens (tertiary/aromatic N) is 2. The summed E-state index contributed by atoms with van der Waals surface area (Å²) in [5, 5.41) is 12.5. The summed E-state index contributed by atoms with van der Waals surface area (Å²) in [5.41, 5.74) is 2.21. The van der Waals surface area contributed by atoms with Crippen molar-refractivity contribution in [2.45, 2.75) is 20.1 Å². The molecule has 0 saturated heterocycles. The van der Waals surface area contributed by atoms with E-state index in [9.17, 15) is 5.26 Å². The van der Waals surface area contributed by atoms with Crippen molar-refractivity contribution in [1.29, 1.82) is 5.26 Å². The summed E-state index contributed by atoms with van der Waals surface area (Å²) < 4.78 is 28.0. The molecule has 4 aromatic rings. The molecule has 160 valence electrons. The Kier molecular flexibility index (Phi) is 5.14. The number of anilines is 1. The predicted octanol–water partition coefficient (Wildman–Crippen LogP) is 5.03. The highest BCUT2D eigenvalue weighted by Crippen LogP contribution is 2.33. The van der Waals surface area contributed by atoms with Crippen LogP contribution in [0.3, 0.4) is 0 Å². The predicted molar refractivity (Wildman–Crippen MR) is 114 cm³/mol. The molecule has 2 aromatic carbocycles. The van der Waals surface area contributed by atoms with Crippen molar-refractivity contribution in [3.8, 4) is 35.0 Å². The number of aryl methyl sites for hydroxylation is 1. The van der Waals surface area contributed by atoms with Gasteiger partial charge in [-0.15, -0.1) is 0 Å². The third kappa shape index (κ3) is 4.09. The normalized spacial score (nSPS) is 11.9. The van der Waals surface area contributed by atoms with Gasteiger partial charge in [0.1, 0.15) is 24.2 Å². The van der Waals surface area contributed by atoms with Crippen LogP contribution in [0.4, 0.5) is 5.88 Å². The fourth-order valence-electron chi connectivity index (χ4n) is 3.28. The number of furan rings is 1. The molecule has 0 saturated carbocycles. The molecular weight excluding hydrogens is 410 g/mol. The van der Waals surface area contributed by atoms with E-state index >= 15 is 0 Å². The largest absolute Gasteiger partial charge is 0.486 e. The van der Waals surface area contributed by atoms with Gasteiger partial charge in [0.25, 0.3) is 5.89 Å². The summed E-state index contributed by atoms with van der Waals surface area (Å²) in [7, 11) is 0. The summed E-state index contributed by atoms with van der Waals surface area (Å²) in [6, 6.07) is 19.0. The van der Waals surface area contributed by atoms with E-state index in [0.29, 0.717) is 29.6 Å². The van der Waals surface area contributed by atoms with Crippen molar-refractivity contribution in [1.82, 2.24) is 4.98 Å². The van der Waals surface area contributed by atoms with E-state index in [-0.39, 0.29) is 30.9 Å². The van der Waals surface area contributed by atoms with Crippen molar-refractivity contribution in [3.63, 3.8) is 0 Å². The highest BCUT2D eigenvalue weighted by atomic mass is 16.7. The zero-order valence-corrected chi connectivity index (χ0v) is 17.3. The minimum Gasteiger partial charge on any atom is -0.486 e. The molecule has 1 N–H and O–H groups in total. The quantitative estimate of drug-likeness (QED) is 0.436. The highest BCUT2D eigenvalue weighted by Gasteiger charge is 2.18. The number of fused-ring (bicyclic) bond motifs is 1. The van der Waals surface area contributed by atoms with Crippen molar-refractivity contribution in [2.24, 2.45) is 0 Å². The molecule has 0 amide bonds. The summed E-state index contributed by atoms with van der Waals surface area (Å²) in [6.45, 7) is 2.92. The number of nitrogens with one attached hydrogen (secondary N) is 1. The lowest BCUT2D eigenvalue weighted by Gasteiger charge is -2.04. The molecule has 0 fully saturated rings. The van der Waals surface area contributed by atoms with Crippen molar-refractivity contribution in [3.05, 3.63) is 77.2 Å². The van der Waals surface area contributed by atoms with Gasteiger partial charge < -0.3 is 28.4 Å². The molecule has 1 aliphatic rings. The smallest absolute Gasteiger partial charge is 0.266 e. The van der Waals surface area contributed by atoms with Crippen LogP contribution < -0.4 is 19.5 Å². The third-order valence-electron chi connectivity index (χ3n) is 4.87. The van der Waals surface area contributed by atoms with Crippen molar-refractivity contribution >= 4 is 5.88 Å². The minimum absolute atomic E-state index is 0.148. The minimum atomic E-state index is 0.148. The molecule has 0 spiro atoms. The maximum Gasteiger partial charge on any atom is 0.266 e. The summed E-state index contributed by atoms with van der Waals surface area (Å²) in [6.07, 6.45) is 0. The van der Waals surface area contributed by atoms with Gasteiger partial charge >= 0.3 is 0 Å². The van der Waals surface area contributed by atoms with Crippen molar-refractivity contribution in [2.75, 3.05) is 12.1 Å². The second-order valence-corrected chi connectivity index (χ2v) is 7.22. The molecule has 0 radical (unpaired) electrons. The Balaban J connectivity index is 1.26. The first-order chi connectivity index (χ1) is 15.7. The van der Waals surface area contributed by atoms with Gasteiger partial charge in [0.15, 0.2) is 17.3 Å². The Bertz CT molecular complexity index is 1300. The van der Waals surface area contributed by atoms with Crippen molar-refractivity contribution < 1.29 is 23.0 Å². The molecule has 2 aromatic heterocycles. The van der Waals surface area contributed by atoms with Gasteiger partial charge in [-0.2, -0.15) is 10.2 Å². The molecule has 0 atom stereocenters. The number of oxazole rings is 1. The first-order valence-electron chi connectivity index (χ1n) is 10.00. The third-order valence-corrected chi connectivity index (χ3v) is 4.87. The number of nitriles is 1. The maximum absolute atomic E-state index is 9.44. The lowest BCUT2D eigenvalue weighted by Crippen LogP contribution is -1.99. The number of ether oxygens (including phenoxy) is 3. The maximum atomic E-state index is 9.44. The zero-order chi connectivity index (χ0) is 21.9. The monoisotopic (exact) mass is 429 g/mol. The van der Waals surface area contributed by atoms with Crippen LogP contribution in [0, 0.1) is 18.3 Å². The fraction of sp³-hybridized carbons (Fsp3) is 0.167. The number of hydrogen-bond donors (Lipinski definition) is 1. The van der Waals surface area contributed by atoms with Gasteiger partial charge in [-0.1, -0.05) is 18.2 Å². The Hall–Kier alpha value is -4.38. The van der Waals surface area contributed by atoms with Crippen LogP contribution in [0.1, 0.15) is 22.6 Å². The topological polar surface area (TPSA) is 103 Å². The van der Waals surface area contributed by atoms with Gasteiger partial charge in [-0.3, -0.25) is 0 Å². The van der Waals surface area contributed by atoms with Crippen LogP contribution in [-0.2, 0) is 13.2 Å². The fourth-order valence-corrected chi connectivity index (χ4v) is 3.28. The van der Waals surface area contributed by atoms with Crippen LogP contribution in [0.2, 0.25) is 0 Å². The van der Waals surface area contributed by atoms with Crippen LogP contribution in [0.15, 0.2) is 63.4 Å². The first-order valence-corrected chi connectivity index (χ1v) is 10.00. The molecule has 3 heterocycles. The van der Waals surface area contributed by atoms with Crippen LogP contribution in [0.5, 0.6) is 17.2 Å². The first kappa shape index (κ1) is 19.6. The van der Waals surface area contributed by atoms with Gasteiger partial charge in [0.2, 0.25) is 18.4 Å². The lowest BCUT2D eigenvalue weighted by molar-refractivity contribution is 0.174. The van der Waals surface area contributed by atoms with Crippen LogP contribution in [-0.4, -0.2) is 11.8 Å². The molecule has 8 nitrogen and oxygen atoms in total. The molecule has 32 heavy (non-hydrogen) atoms. The van der Waals surface area contributed by atoms with Crippen LogP contribution in [0.25, 0.3) is 11.7 Å².